The molecule has 0 atom stereocenters. The van der Waals surface area contributed by atoms with Crippen LogP contribution in [0.15, 0.2) is 10.9 Å². The number of carbonyl (C=O) groups is 1. The molecule has 1 heterocycles. The van der Waals surface area contributed by atoms with Crippen molar-refractivity contribution in [2.75, 3.05) is 6.61 Å². The zero-order valence-electron chi connectivity index (χ0n) is 10.6. The Morgan fingerprint density at radius 3 is 2.48 bits per heavy atom. The van der Waals surface area contributed by atoms with E-state index < -0.39 is 47.7 Å². The molecule has 5 nitrogen and oxygen atoms in total. The van der Waals surface area contributed by atoms with Crippen molar-refractivity contribution < 1.29 is 36.2 Å². The van der Waals surface area contributed by atoms with Gasteiger partial charge < -0.3 is 9.47 Å². The highest BCUT2D eigenvalue weighted by Crippen LogP contribution is 2.30. The van der Waals surface area contributed by atoms with Gasteiger partial charge in [-0.15, -0.1) is 13.2 Å². The highest BCUT2D eigenvalue weighted by atomic mass is 19.4. The summed E-state index contributed by atoms with van der Waals surface area (Å²) in [6, 6.07) is 0.488. The number of aromatic amines is 1. The molecular formula is C11H10F5NO4. The van der Waals surface area contributed by atoms with Gasteiger partial charge in [-0.3, -0.25) is 14.6 Å². The van der Waals surface area contributed by atoms with E-state index in [2.05, 4.69) is 9.47 Å². The van der Waals surface area contributed by atoms with Gasteiger partial charge in [0.1, 0.15) is 0 Å². The Morgan fingerprint density at radius 1 is 1.38 bits per heavy atom. The highest BCUT2D eigenvalue weighted by Gasteiger charge is 2.34. The number of hydrogen-bond acceptors (Lipinski definition) is 4. The van der Waals surface area contributed by atoms with Gasteiger partial charge in [0.15, 0.2) is 0 Å². The van der Waals surface area contributed by atoms with E-state index in [1.807, 2.05) is 0 Å². The molecule has 0 unspecified atom stereocenters. The fourth-order valence-electron chi connectivity index (χ4n) is 1.44. The largest absolute Gasteiger partial charge is 0.574 e. The summed E-state index contributed by atoms with van der Waals surface area (Å²) < 4.78 is 69.5. The van der Waals surface area contributed by atoms with E-state index in [4.69, 9.17) is 0 Å². The summed E-state index contributed by atoms with van der Waals surface area (Å²) in [6.07, 6.45) is -9.22. The second kappa shape index (κ2) is 6.55. The Bertz CT molecular complexity index is 567. The normalized spacial score (nSPS) is 11.6. The number of aromatic nitrogens is 1. The lowest BCUT2D eigenvalue weighted by molar-refractivity contribution is -0.276. The fraction of sp³-hybridized carbons (Fsp3) is 0.455. The Balaban J connectivity index is 3.18. The maximum atomic E-state index is 12.7. The number of alkyl halides is 5. The molecule has 1 rings (SSSR count). The fourth-order valence-corrected chi connectivity index (χ4v) is 1.44. The van der Waals surface area contributed by atoms with Crippen molar-refractivity contribution in [2.24, 2.45) is 0 Å². The van der Waals surface area contributed by atoms with Gasteiger partial charge in [-0.25, -0.2) is 8.78 Å². The van der Waals surface area contributed by atoms with E-state index >= 15 is 0 Å². The lowest BCUT2D eigenvalue weighted by Gasteiger charge is -2.13. The van der Waals surface area contributed by atoms with Crippen molar-refractivity contribution in [1.29, 1.82) is 0 Å². The lowest BCUT2D eigenvalue weighted by Crippen LogP contribution is -2.24. The van der Waals surface area contributed by atoms with Crippen molar-refractivity contribution in [1.82, 2.24) is 4.98 Å². The van der Waals surface area contributed by atoms with E-state index in [0.717, 1.165) is 0 Å². The molecule has 0 radical (unpaired) electrons. The van der Waals surface area contributed by atoms with Crippen molar-refractivity contribution in [3.05, 3.63) is 27.5 Å². The second-order valence-corrected chi connectivity index (χ2v) is 3.74. The summed E-state index contributed by atoms with van der Waals surface area (Å²) in [7, 11) is 0. The minimum atomic E-state index is -5.24. The molecule has 0 amide bonds. The topological polar surface area (TPSA) is 68.4 Å². The molecule has 1 aromatic rings. The predicted octanol–water partition coefficient (Wildman–Crippen LogP) is 2.32. The van der Waals surface area contributed by atoms with Gasteiger partial charge in [-0.1, -0.05) is 0 Å². The maximum Gasteiger partial charge on any atom is 0.574 e. The number of nitrogens with one attached hydrogen (secondary N) is 1. The first-order valence-corrected chi connectivity index (χ1v) is 5.59. The molecule has 0 bridgehead atoms. The Kier molecular flexibility index (Phi) is 5.28. The number of pyridine rings is 1. The van der Waals surface area contributed by atoms with Gasteiger partial charge in [-0.05, 0) is 13.0 Å². The molecule has 0 spiro atoms. The molecule has 10 heteroatoms. The standard InChI is InChI=1S/C11H10F5NO4/c1-2-20-7(18)4-5-3-6(8(12)13)10(17-9(5)19)21-11(14,15)16/h3,8H,2,4H2,1H3,(H,17,19). The summed E-state index contributed by atoms with van der Waals surface area (Å²) in [4.78, 5) is 24.2. The minimum absolute atomic E-state index is 0.00765. The van der Waals surface area contributed by atoms with Crippen LogP contribution in [0, 0.1) is 0 Å². The molecule has 0 aliphatic rings. The highest BCUT2D eigenvalue weighted by molar-refractivity contribution is 5.72. The van der Waals surface area contributed by atoms with Crippen LogP contribution in [0.4, 0.5) is 22.0 Å². The van der Waals surface area contributed by atoms with E-state index in [-0.39, 0.29) is 6.61 Å². The number of halogens is 5. The van der Waals surface area contributed by atoms with E-state index in [0.29, 0.717) is 6.07 Å². The summed E-state index contributed by atoms with van der Waals surface area (Å²) in [5, 5.41) is 0. The molecule has 1 N–H and O–H groups in total. The quantitative estimate of drug-likeness (QED) is 0.669. The van der Waals surface area contributed by atoms with Gasteiger partial charge in [0, 0.05) is 5.56 Å². The third kappa shape index (κ3) is 5.04. The van der Waals surface area contributed by atoms with Crippen LogP contribution in [-0.2, 0) is 16.0 Å². The number of ether oxygens (including phenoxy) is 2. The monoisotopic (exact) mass is 315 g/mol. The average Bonchev–Trinajstić information content (AvgIpc) is 2.30. The molecule has 0 saturated heterocycles. The number of H-pyrrole nitrogens is 1. The summed E-state index contributed by atoms with van der Waals surface area (Å²) in [5.74, 6) is -2.28. The zero-order chi connectivity index (χ0) is 16.2. The van der Waals surface area contributed by atoms with Gasteiger partial charge in [0.2, 0.25) is 5.88 Å². The molecule has 0 aromatic carbocycles. The van der Waals surface area contributed by atoms with Crippen LogP contribution in [0.5, 0.6) is 5.88 Å². The van der Waals surface area contributed by atoms with E-state index in [1.54, 1.807) is 4.98 Å². The molecule has 0 fully saturated rings. The Hall–Kier alpha value is -2.13. The third-order valence-corrected chi connectivity index (χ3v) is 2.20. The van der Waals surface area contributed by atoms with Crippen LogP contribution in [0.3, 0.4) is 0 Å². The predicted molar refractivity (Wildman–Crippen MR) is 59.0 cm³/mol. The zero-order valence-corrected chi connectivity index (χ0v) is 10.6. The SMILES string of the molecule is CCOC(=O)Cc1cc(C(F)F)c(OC(F)(F)F)[nH]c1=O. The first-order valence-electron chi connectivity index (χ1n) is 5.59. The van der Waals surface area contributed by atoms with Crippen molar-refractivity contribution >= 4 is 5.97 Å². The van der Waals surface area contributed by atoms with Crippen LogP contribution in [-0.4, -0.2) is 23.9 Å². The van der Waals surface area contributed by atoms with Crippen LogP contribution >= 0.6 is 0 Å². The number of esters is 1. The van der Waals surface area contributed by atoms with Crippen LogP contribution in [0.1, 0.15) is 24.5 Å². The Morgan fingerprint density at radius 2 is 2.00 bits per heavy atom. The van der Waals surface area contributed by atoms with Crippen molar-refractivity contribution in [2.45, 2.75) is 26.1 Å². The summed E-state index contributed by atoms with van der Waals surface area (Å²) >= 11 is 0. The maximum absolute atomic E-state index is 12.7. The molecule has 1 aromatic heterocycles. The molecule has 0 saturated carbocycles. The smallest absolute Gasteiger partial charge is 0.466 e. The first-order chi connectivity index (χ1) is 9.64. The van der Waals surface area contributed by atoms with Gasteiger partial charge in [0.25, 0.3) is 12.0 Å². The number of rotatable bonds is 5. The summed E-state index contributed by atoms with van der Waals surface area (Å²) in [5.41, 5.74) is -2.77. The summed E-state index contributed by atoms with van der Waals surface area (Å²) in [6.45, 7) is 1.50. The molecule has 118 valence electrons. The van der Waals surface area contributed by atoms with Crippen LogP contribution in [0.25, 0.3) is 0 Å². The van der Waals surface area contributed by atoms with Crippen molar-refractivity contribution in [3.8, 4) is 5.88 Å². The minimum Gasteiger partial charge on any atom is -0.466 e. The Labute approximate surface area is 114 Å². The molecule has 0 aliphatic heterocycles. The third-order valence-electron chi connectivity index (χ3n) is 2.20. The van der Waals surface area contributed by atoms with E-state index in [9.17, 15) is 31.5 Å². The molecular weight excluding hydrogens is 305 g/mol. The lowest BCUT2D eigenvalue weighted by atomic mass is 10.1. The molecule has 0 aliphatic carbocycles. The van der Waals surface area contributed by atoms with Gasteiger partial charge in [-0.2, -0.15) is 0 Å². The second-order valence-electron chi connectivity index (χ2n) is 3.74. The number of carbonyl (C=O) groups excluding carboxylic acids is 1. The van der Waals surface area contributed by atoms with Gasteiger partial charge in [0.05, 0.1) is 18.6 Å². The molecule has 21 heavy (non-hydrogen) atoms. The first kappa shape index (κ1) is 16.9. The van der Waals surface area contributed by atoms with Gasteiger partial charge >= 0.3 is 12.3 Å². The van der Waals surface area contributed by atoms with Crippen molar-refractivity contribution in [3.63, 3.8) is 0 Å². The average molecular weight is 315 g/mol. The van der Waals surface area contributed by atoms with Crippen LogP contribution in [0.2, 0.25) is 0 Å². The number of hydrogen-bond donors (Lipinski definition) is 1. The van der Waals surface area contributed by atoms with E-state index in [1.165, 1.54) is 6.92 Å². The van der Waals surface area contributed by atoms with Crippen LogP contribution < -0.4 is 10.3 Å².